The van der Waals surface area contributed by atoms with Crippen molar-refractivity contribution in [2.45, 2.75) is 31.3 Å². The molecular weight excluding hydrogens is 246 g/mol. The number of hydrogen-bond acceptors (Lipinski definition) is 4. The van der Waals surface area contributed by atoms with Crippen LogP contribution in [0.2, 0.25) is 0 Å². The Morgan fingerprint density at radius 3 is 2.74 bits per heavy atom. The van der Waals surface area contributed by atoms with Crippen LogP contribution in [0.25, 0.3) is 0 Å². The van der Waals surface area contributed by atoms with Gasteiger partial charge in [-0.3, -0.25) is 4.79 Å². The normalized spacial score (nSPS) is 17.2. The number of phenolic OH excluding ortho intramolecular Hbond substituents is 1. The first-order valence-corrected chi connectivity index (χ1v) is 6.42. The van der Waals surface area contributed by atoms with E-state index in [1.165, 1.54) is 19.2 Å². The monoisotopic (exact) mass is 265 g/mol. The molecule has 1 aromatic carbocycles. The van der Waals surface area contributed by atoms with Crippen LogP contribution in [0.1, 0.15) is 36.0 Å². The zero-order valence-corrected chi connectivity index (χ0v) is 11.0. The minimum Gasteiger partial charge on any atom is -0.507 e. The van der Waals surface area contributed by atoms with Gasteiger partial charge in [0.2, 0.25) is 0 Å². The van der Waals surface area contributed by atoms with Gasteiger partial charge >= 0.3 is 0 Å². The summed E-state index contributed by atoms with van der Waals surface area (Å²) in [5.41, 5.74) is -0.648. The minimum absolute atomic E-state index is 0.100. The van der Waals surface area contributed by atoms with E-state index in [0.29, 0.717) is 18.6 Å². The molecule has 0 atom stereocenters. The van der Waals surface area contributed by atoms with Gasteiger partial charge in [0.15, 0.2) is 0 Å². The Morgan fingerprint density at radius 1 is 1.42 bits per heavy atom. The van der Waals surface area contributed by atoms with Gasteiger partial charge in [-0.25, -0.2) is 0 Å². The van der Waals surface area contributed by atoms with Crippen LogP contribution in [0, 0.1) is 0 Å². The first kappa shape index (κ1) is 13.7. The molecule has 0 aromatic heterocycles. The summed E-state index contributed by atoms with van der Waals surface area (Å²) in [6.45, 7) is 0.211. The lowest BCUT2D eigenvalue weighted by molar-refractivity contribution is 0.0449. The summed E-state index contributed by atoms with van der Waals surface area (Å²) in [4.78, 5) is 12.0. The number of amides is 1. The molecule has 0 heterocycles. The second-order valence-corrected chi connectivity index (χ2v) is 5.00. The van der Waals surface area contributed by atoms with Crippen LogP contribution in [-0.2, 0) is 0 Å². The average Bonchev–Trinajstić information content (AvgIpc) is 2.84. The highest BCUT2D eigenvalue weighted by Crippen LogP contribution is 2.29. The maximum atomic E-state index is 12.0. The summed E-state index contributed by atoms with van der Waals surface area (Å²) in [6, 6.07) is 4.47. The summed E-state index contributed by atoms with van der Waals surface area (Å²) < 4.78 is 5.02. The number of phenols is 1. The summed E-state index contributed by atoms with van der Waals surface area (Å²) in [5, 5.41) is 22.5. The van der Waals surface area contributed by atoms with Gasteiger partial charge in [0, 0.05) is 6.54 Å². The van der Waals surface area contributed by atoms with Gasteiger partial charge < -0.3 is 20.3 Å². The molecule has 0 radical (unpaired) electrons. The third-order valence-corrected chi connectivity index (χ3v) is 3.56. The van der Waals surface area contributed by atoms with E-state index in [1.807, 2.05) is 0 Å². The van der Waals surface area contributed by atoms with Crippen LogP contribution in [-0.4, -0.2) is 35.4 Å². The maximum absolute atomic E-state index is 12.0. The maximum Gasteiger partial charge on any atom is 0.255 e. The molecule has 2 rings (SSSR count). The Balaban J connectivity index is 2.03. The number of benzene rings is 1. The van der Waals surface area contributed by atoms with E-state index in [4.69, 9.17) is 4.74 Å². The van der Waals surface area contributed by atoms with Crippen molar-refractivity contribution >= 4 is 5.91 Å². The number of carbonyl (C=O) groups excluding carboxylic acids is 1. The van der Waals surface area contributed by atoms with Crippen LogP contribution in [0.3, 0.4) is 0 Å². The number of carbonyl (C=O) groups is 1. The molecule has 5 nitrogen and oxygen atoms in total. The standard InChI is InChI=1S/C14H19NO4/c1-19-10-4-5-12(16)11(8-10)13(17)15-9-14(18)6-2-3-7-14/h4-5,8,16,18H,2-3,6-7,9H2,1H3,(H,15,17). The lowest BCUT2D eigenvalue weighted by atomic mass is 10.0. The number of rotatable bonds is 4. The van der Waals surface area contributed by atoms with Gasteiger partial charge in [-0.1, -0.05) is 12.8 Å². The van der Waals surface area contributed by atoms with Crippen molar-refractivity contribution in [3.05, 3.63) is 23.8 Å². The molecule has 0 aliphatic heterocycles. The molecule has 1 amide bonds. The lowest BCUT2D eigenvalue weighted by Gasteiger charge is -2.22. The van der Waals surface area contributed by atoms with E-state index < -0.39 is 11.5 Å². The van der Waals surface area contributed by atoms with Crippen LogP contribution in [0.5, 0.6) is 11.5 Å². The molecule has 1 fully saturated rings. The van der Waals surface area contributed by atoms with Gasteiger partial charge in [-0.2, -0.15) is 0 Å². The van der Waals surface area contributed by atoms with Crippen LogP contribution >= 0.6 is 0 Å². The third-order valence-electron chi connectivity index (χ3n) is 3.56. The van der Waals surface area contributed by atoms with Crippen molar-refractivity contribution in [1.29, 1.82) is 0 Å². The Morgan fingerprint density at radius 2 is 2.11 bits per heavy atom. The Hall–Kier alpha value is -1.75. The van der Waals surface area contributed by atoms with E-state index in [2.05, 4.69) is 5.32 Å². The van der Waals surface area contributed by atoms with Gasteiger partial charge in [-0.15, -0.1) is 0 Å². The van der Waals surface area contributed by atoms with Crippen molar-refractivity contribution in [2.75, 3.05) is 13.7 Å². The number of aromatic hydroxyl groups is 1. The highest BCUT2D eigenvalue weighted by molar-refractivity contribution is 5.97. The average molecular weight is 265 g/mol. The van der Waals surface area contributed by atoms with Crippen molar-refractivity contribution in [2.24, 2.45) is 0 Å². The summed E-state index contributed by atoms with van der Waals surface area (Å²) in [6.07, 6.45) is 3.38. The summed E-state index contributed by atoms with van der Waals surface area (Å²) in [5.74, 6) is -0.00374. The van der Waals surface area contributed by atoms with E-state index in [1.54, 1.807) is 6.07 Å². The highest BCUT2D eigenvalue weighted by Gasteiger charge is 2.31. The largest absolute Gasteiger partial charge is 0.507 e. The molecule has 0 unspecified atom stereocenters. The van der Waals surface area contributed by atoms with Crippen molar-refractivity contribution < 1.29 is 19.7 Å². The Kier molecular flexibility index (Phi) is 3.95. The molecule has 0 spiro atoms. The molecule has 1 saturated carbocycles. The van der Waals surface area contributed by atoms with E-state index in [0.717, 1.165) is 12.8 Å². The number of hydrogen-bond donors (Lipinski definition) is 3. The number of nitrogens with one attached hydrogen (secondary N) is 1. The molecule has 0 bridgehead atoms. The van der Waals surface area contributed by atoms with Crippen LogP contribution in [0.15, 0.2) is 18.2 Å². The number of methoxy groups -OCH3 is 1. The third kappa shape index (κ3) is 3.17. The fourth-order valence-electron chi connectivity index (χ4n) is 2.37. The zero-order chi connectivity index (χ0) is 13.9. The van der Waals surface area contributed by atoms with E-state index in [9.17, 15) is 15.0 Å². The second-order valence-electron chi connectivity index (χ2n) is 5.00. The van der Waals surface area contributed by atoms with Crippen LogP contribution in [0.4, 0.5) is 0 Å². The highest BCUT2D eigenvalue weighted by atomic mass is 16.5. The summed E-state index contributed by atoms with van der Waals surface area (Å²) in [7, 11) is 1.50. The van der Waals surface area contributed by atoms with E-state index >= 15 is 0 Å². The topological polar surface area (TPSA) is 78.8 Å². The van der Waals surface area contributed by atoms with Gasteiger partial charge in [0.25, 0.3) is 5.91 Å². The molecule has 104 valence electrons. The molecule has 5 heteroatoms. The minimum atomic E-state index is -0.801. The number of ether oxygens (including phenoxy) is 1. The molecular formula is C14H19NO4. The van der Waals surface area contributed by atoms with Crippen molar-refractivity contribution in [3.63, 3.8) is 0 Å². The summed E-state index contributed by atoms with van der Waals surface area (Å²) >= 11 is 0. The molecule has 3 N–H and O–H groups in total. The van der Waals surface area contributed by atoms with Crippen molar-refractivity contribution in [1.82, 2.24) is 5.32 Å². The molecule has 19 heavy (non-hydrogen) atoms. The molecule has 1 aliphatic carbocycles. The fraction of sp³-hybridized carbons (Fsp3) is 0.500. The number of aliphatic hydroxyl groups is 1. The van der Waals surface area contributed by atoms with E-state index in [-0.39, 0.29) is 17.9 Å². The Bertz CT molecular complexity index is 467. The molecule has 1 aliphatic rings. The van der Waals surface area contributed by atoms with Gasteiger partial charge in [0.1, 0.15) is 11.5 Å². The smallest absolute Gasteiger partial charge is 0.255 e. The van der Waals surface area contributed by atoms with Gasteiger partial charge in [-0.05, 0) is 31.0 Å². The zero-order valence-electron chi connectivity index (χ0n) is 11.0. The van der Waals surface area contributed by atoms with Crippen LogP contribution < -0.4 is 10.1 Å². The quantitative estimate of drug-likeness (QED) is 0.769. The Labute approximate surface area is 112 Å². The molecule has 0 saturated heterocycles. The first-order valence-electron chi connectivity index (χ1n) is 6.42. The SMILES string of the molecule is COc1ccc(O)c(C(=O)NCC2(O)CCCC2)c1. The predicted octanol–water partition coefficient (Wildman–Crippen LogP) is 1.44. The second kappa shape index (κ2) is 5.48. The van der Waals surface area contributed by atoms with Gasteiger partial charge in [0.05, 0.1) is 18.3 Å². The predicted molar refractivity (Wildman–Crippen MR) is 70.4 cm³/mol. The lowest BCUT2D eigenvalue weighted by Crippen LogP contribution is -2.40. The molecule has 1 aromatic rings. The van der Waals surface area contributed by atoms with Crippen molar-refractivity contribution in [3.8, 4) is 11.5 Å². The first-order chi connectivity index (χ1) is 9.04. The fourth-order valence-corrected chi connectivity index (χ4v) is 2.37.